The highest BCUT2D eigenvalue weighted by Crippen LogP contribution is 2.37. The molecule has 3 rings (SSSR count). The number of hydrogen-bond donors (Lipinski definition) is 1. The van der Waals surface area contributed by atoms with Crippen molar-refractivity contribution < 1.29 is 22.8 Å². The fraction of sp³-hybridized carbons (Fsp3) is 0.571. The Morgan fingerprint density at radius 2 is 1.76 bits per heavy atom. The molecule has 2 aliphatic heterocycles. The van der Waals surface area contributed by atoms with Gasteiger partial charge in [0.15, 0.2) is 9.84 Å². The quantitative estimate of drug-likeness (QED) is 0.777. The van der Waals surface area contributed by atoms with Gasteiger partial charge in [-0.15, -0.1) is 0 Å². The first-order chi connectivity index (χ1) is 9.53. The van der Waals surface area contributed by atoms with Crippen LogP contribution in [-0.4, -0.2) is 37.6 Å². The maximum atomic E-state index is 12.0. The smallest absolute Gasteiger partial charge is 0.399 e. The second-order valence-corrected chi connectivity index (χ2v) is 8.69. The largest absolute Gasteiger partial charge is 0.494 e. The molecule has 5 nitrogen and oxygen atoms in total. The summed E-state index contributed by atoms with van der Waals surface area (Å²) < 4.78 is 35.9. The molecule has 2 heterocycles. The summed E-state index contributed by atoms with van der Waals surface area (Å²) >= 11 is 0. The van der Waals surface area contributed by atoms with Gasteiger partial charge in [0.2, 0.25) is 0 Å². The van der Waals surface area contributed by atoms with Crippen LogP contribution in [-0.2, 0) is 19.1 Å². The van der Waals surface area contributed by atoms with Gasteiger partial charge >= 0.3 is 7.12 Å². The highest BCUT2D eigenvalue weighted by Gasteiger charge is 2.52. The lowest BCUT2D eigenvalue weighted by Crippen LogP contribution is -2.41. The van der Waals surface area contributed by atoms with Crippen LogP contribution in [0.1, 0.15) is 39.4 Å². The summed E-state index contributed by atoms with van der Waals surface area (Å²) in [5, 5.41) is 9.80. The minimum Gasteiger partial charge on any atom is -0.399 e. The van der Waals surface area contributed by atoms with Crippen LogP contribution in [0.25, 0.3) is 0 Å². The number of aliphatic hydroxyl groups is 1. The fourth-order valence-corrected chi connectivity index (χ4v) is 4.26. The van der Waals surface area contributed by atoms with E-state index in [1.165, 1.54) is 0 Å². The minimum absolute atomic E-state index is 0.183. The molecule has 1 aromatic rings. The fourth-order valence-electron chi connectivity index (χ4n) is 2.61. The van der Waals surface area contributed by atoms with Gasteiger partial charge in [-0.25, -0.2) is 8.42 Å². The van der Waals surface area contributed by atoms with E-state index in [-0.39, 0.29) is 10.6 Å². The summed E-state index contributed by atoms with van der Waals surface area (Å²) in [7, 11) is -4.03. The van der Waals surface area contributed by atoms with Crippen LogP contribution in [0.3, 0.4) is 0 Å². The third-order valence-electron chi connectivity index (χ3n) is 4.63. The average molecular weight is 310 g/mol. The summed E-state index contributed by atoms with van der Waals surface area (Å²) in [4.78, 5) is 0.183. The van der Waals surface area contributed by atoms with Crippen molar-refractivity contribution >= 4 is 22.4 Å². The zero-order valence-electron chi connectivity index (χ0n) is 12.6. The van der Waals surface area contributed by atoms with Gasteiger partial charge in [0, 0.05) is 5.56 Å². The lowest BCUT2D eigenvalue weighted by molar-refractivity contribution is 0.00578. The molecule has 114 valence electrons. The van der Waals surface area contributed by atoms with Gasteiger partial charge in [0.05, 0.1) is 28.0 Å². The van der Waals surface area contributed by atoms with Gasteiger partial charge in [0.25, 0.3) is 0 Å². The summed E-state index contributed by atoms with van der Waals surface area (Å²) in [6.07, 6.45) is -0.947. The lowest BCUT2D eigenvalue weighted by Gasteiger charge is -2.32. The Kier molecular flexibility index (Phi) is 3.09. The molecule has 21 heavy (non-hydrogen) atoms. The standard InChI is InChI=1S/C14H19BO5S/c1-13(2)14(3,4)20-15(19-13)9-5-6-10-11(16)8-21(17,18)12(10)7-9/h5-7,11,16H,8H2,1-4H3. The maximum Gasteiger partial charge on any atom is 0.494 e. The Bertz CT molecular complexity index is 679. The maximum absolute atomic E-state index is 12.0. The molecule has 1 N–H and O–H groups in total. The summed E-state index contributed by atoms with van der Waals surface area (Å²) in [6.45, 7) is 7.78. The zero-order valence-corrected chi connectivity index (χ0v) is 13.4. The van der Waals surface area contributed by atoms with E-state index in [1.54, 1.807) is 18.2 Å². The second kappa shape index (κ2) is 4.32. The van der Waals surface area contributed by atoms with Gasteiger partial charge in [-0.3, -0.25) is 0 Å². The highest BCUT2D eigenvalue weighted by atomic mass is 32.2. The van der Waals surface area contributed by atoms with Crippen LogP contribution in [0, 0.1) is 0 Å². The summed E-state index contributed by atoms with van der Waals surface area (Å²) in [5.74, 6) is -0.255. The van der Waals surface area contributed by atoms with Gasteiger partial charge in [-0.05, 0) is 39.2 Å². The van der Waals surface area contributed by atoms with Crippen molar-refractivity contribution in [3.05, 3.63) is 23.8 Å². The number of sulfone groups is 1. The van der Waals surface area contributed by atoms with E-state index in [4.69, 9.17) is 9.31 Å². The molecule has 0 saturated carbocycles. The van der Waals surface area contributed by atoms with Crippen LogP contribution < -0.4 is 5.46 Å². The van der Waals surface area contributed by atoms with E-state index in [1.807, 2.05) is 27.7 Å². The Hall–Kier alpha value is -0.885. The Morgan fingerprint density at radius 1 is 1.19 bits per heavy atom. The first-order valence-corrected chi connectivity index (χ1v) is 8.59. The molecular formula is C14H19BO5S. The van der Waals surface area contributed by atoms with Crippen molar-refractivity contribution in [2.24, 2.45) is 0 Å². The second-order valence-electron chi connectivity index (χ2n) is 6.68. The molecule has 0 bridgehead atoms. The molecule has 0 spiro atoms. The molecule has 0 aliphatic carbocycles. The van der Waals surface area contributed by atoms with E-state index in [0.717, 1.165) is 0 Å². The number of fused-ring (bicyclic) bond motifs is 1. The van der Waals surface area contributed by atoms with Crippen LogP contribution in [0.5, 0.6) is 0 Å². The Morgan fingerprint density at radius 3 is 2.33 bits per heavy atom. The van der Waals surface area contributed by atoms with Crippen LogP contribution >= 0.6 is 0 Å². The van der Waals surface area contributed by atoms with E-state index >= 15 is 0 Å². The normalized spacial score (nSPS) is 28.6. The van der Waals surface area contributed by atoms with Crippen molar-refractivity contribution in [3.63, 3.8) is 0 Å². The van der Waals surface area contributed by atoms with Gasteiger partial charge in [0.1, 0.15) is 0 Å². The lowest BCUT2D eigenvalue weighted by atomic mass is 9.78. The van der Waals surface area contributed by atoms with Crippen molar-refractivity contribution in [2.45, 2.75) is 49.9 Å². The van der Waals surface area contributed by atoms with Crippen LogP contribution in [0.15, 0.2) is 23.1 Å². The third kappa shape index (κ3) is 2.23. The zero-order chi connectivity index (χ0) is 15.6. The molecule has 1 aromatic carbocycles. The van der Waals surface area contributed by atoms with E-state index in [2.05, 4.69) is 0 Å². The molecule has 0 radical (unpaired) electrons. The van der Waals surface area contributed by atoms with E-state index in [9.17, 15) is 13.5 Å². The molecule has 1 unspecified atom stereocenters. The van der Waals surface area contributed by atoms with Gasteiger partial charge in [-0.2, -0.15) is 0 Å². The average Bonchev–Trinajstić information content (AvgIpc) is 2.70. The van der Waals surface area contributed by atoms with E-state index < -0.39 is 34.3 Å². The number of rotatable bonds is 1. The first-order valence-electron chi connectivity index (χ1n) is 6.94. The molecule has 1 fully saturated rings. The van der Waals surface area contributed by atoms with Crippen LogP contribution in [0.2, 0.25) is 0 Å². The van der Waals surface area contributed by atoms with Crippen molar-refractivity contribution in [2.75, 3.05) is 5.75 Å². The number of hydrogen-bond acceptors (Lipinski definition) is 5. The predicted octanol–water partition coefficient (Wildman–Crippen LogP) is 0.806. The van der Waals surface area contributed by atoms with Gasteiger partial charge in [-0.1, -0.05) is 12.1 Å². The monoisotopic (exact) mass is 310 g/mol. The molecule has 1 atom stereocenters. The third-order valence-corrected chi connectivity index (χ3v) is 6.41. The molecule has 7 heteroatoms. The topological polar surface area (TPSA) is 72.8 Å². The van der Waals surface area contributed by atoms with Crippen molar-refractivity contribution in [1.82, 2.24) is 0 Å². The van der Waals surface area contributed by atoms with Gasteiger partial charge < -0.3 is 14.4 Å². The van der Waals surface area contributed by atoms with Crippen molar-refractivity contribution in [3.8, 4) is 0 Å². The molecular weight excluding hydrogens is 291 g/mol. The number of benzene rings is 1. The number of aliphatic hydroxyl groups excluding tert-OH is 1. The SMILES string of the molecule is CC1(C)OB(c2ccc3c(c2)S(=O)(=O)CC3O)OC1(C)C. The van der Waals surface area contributed by atoms with Crippen molar-refractivity contribution in [1.29, 1.82) is 0 Å². The predicted molar refractivity (Wildman–Crippen MR) is 79.2 cm³/mol. The molecule has 1 saturated heterocycles. The summed E-state index contributed by atoms with van der Waals surface area (Å²) in [6, 6.07) is 4.96. The Labute approximate surface area is 125 Å². The molecule has 0 amide bonds. The van der Waals surface area contributed by atoms with E-state index in [0.29, 0.717) is 11.0 Å². The molecule has 2 aliphatic rings. The minimum atomic E-state index is -3.43. The van der Waals surface area contributed by atoms with Crippen LogP contribution in [0.4, 0.5) is 0 Å². The first kappa shape index (κ1) is 15.0. The Balaban J connectivity index is 2.01. The molecule has 0 aromatic heterocycles. The summed E-state index contributed by atoms with van der Waals surface area (Å²) in [5.41, 5.74) is 0.157. The highest BCUT2D eigenvalue weighted by molar-refractivity contribution is 7.91.